The maximum Gasteiger partial charge on any atom is 0.133 e. The lowest BCUT2D eigenvalue weighted by Gasteiger charge is -2.30. The number of nitrogens with one attached hydrogen (secondary N) is 1. The first-order valence-corrected chi connectivity index (χ1v) is 8.57. The monoisotopic (exact) mass is 327 g/mol. The highest BCUT2D eigenvalue weighted by Gasteiger charge is 2.17. The molecule has 0 unspecified atom stereocenters. The number of anilines is 1. The summed E-state index contributed by atoms with van der Waals surface area (Å²) in [6, 6.07) is 11.7. The Bertz CT molecular complexity index is 657. The first-order valence-electron chi connectivity index (χ1n) is 8.57. The third kappa shape index (κ3) is 3.86. The molecule has 0 radical (unpaired) electrons. The lowest BCUT2D eigenvalue weighted by molar-refractivity contribution is 0.122. The van der Waals surface area contributed by atoms with Gasteiger partial charge in [0.15, 0.2) is 0 Å². The van der Waals surface area contributed by atoms with E-state index in [1.54, 1.807) is 6.07 Å². The van der Waals surface area contributed by atoms with Crippen LogP contribution in [0.1, 0.15) is 30.5 Å². The van der Waals surface area contributed by atoms with E-state index in [2.05, 4.69) is 28.2 Å². The molecule has 128 valence electrons. The molecule has 3 rings (SSSR count). The smallest absolute Gasteiger partial charge is 0.133 e. The van der Waals surface area contributed by atoms with Gasteiger partial charge in [-0.1, -0.05) is 31.2 Å². The van der Waals surface area contributed by atoms with Crippen molar-refractivity contribution in [2.24, 2.45) is 0 Å². The number of pyridine rings is 1. The molecule has 0 saturated carbocycles. The highest BCUT2D eigenvalue weighted by Crippen LogP contribution is 2.27. The number of nitrogens with zero attached hydrogens (tertiary/aromatic N) is 2. The van der Waals surface area contributed by atoms with Crippen molar-refractivity contribution >= 4 is 5.82 Å². The van der Waals surface area contributed by atoms with Crippen LogP contribution in [0.5, 0.6) is 5.75 Å². The maximum atomic E-state index is 10.1. The normalized spacial score (nSPS) is 16.1. The molecule has 0 amide bonds. The molecule has 2 N–H and O–H groups in total. The zero-order valence-electron chi connectivity index (χ0n) is 14.1. The number of ether oxygens (including phenoxy) is 1. The molecule has 0 spiro atoms. The highest BCUT2D eigenvalue weighted by atomic mass is 16.5. The topological polar surface area (TPSA) is 57.6 Å². The van der Waals surface area contributed by atoms with Crippen molar-refractivity contribution in [3.05, 3.63) is 53.7 Å². The fraction of sp³-hybridized carbons (Fsp3) is 0.421. The summed E-state index contributed by atoms with van der Waals surface area (Å²) in [4.78, 5) is 6.86. The standard InChI is InChI=1S/C19H25N3O2/c1-2-17(16-7-3-4-8-18(16)23)21-14-15-6-5-9-20-19(15)22-10-12-24-13-11-22/h3-9,17,21,23H,2,10-14H2,1H3/t17-/m0/s1. The number of aromatic nitrogens is 1. The number of benzene rings is 1. The van der Waals surface area contributed by atoms with Gasteiger partial charge in [-0.3, -0.25) is 0 Å². The second-order valence-corrected chi connectivity index (χ2v) is 5.99. The minimum atomic E-state index is 0.115. The van der Waals surface area contributed by atoms with Crippen molar-refractivity contribution in [3.8, 4) is 5.75 Å². The molecule has 24 heavy (non-hydrogen) atoms. The molecule has 1 aliphatic rings. The zero-order valence-corrected chi connectivity index (χ0v) is 14.1. The molecule has 1 aliphatic heterocycles. The highest BCUT2D eigenvalue weighted by molar-refractivity contribution is 5.47. The number of rotatable bonds is 6. The van der Waals surface area contributed by atoms with Gasteiger partial charge in [0.2, 0.25) is 0 Å². The number of phenols is 1. The minimum absolute atomic E-state index is 0.115. The molecular weight excluding hydrogens is 302 g/mol. The van der Waals surface area contributed by atoms with E-state index in [9.17, 15) is 5.11 Å². The second-order valence-electron chi connectivity index (χ2n) is 5.99. The van der Waals surface area contributed by atoms with Gasteiger partial charge in [-0.25, -0.2) is 4.98 Å². The second kappa shape index (κ2) is 8.13. The molecule has 0 bridgehead atoms. The van der Waals surface area contributed by atoms with Crippen LogP contribution in [0.15, 0.2) is 42.6 Å². The summed E-state index contributed by atoms with van der Waals surface area (Å²) in [5.41, 5.74) is 2.12. The van der Waals surface area contributed by atoms with E-state index in [0.717, 1.165) is 44.1 Å². The Hall–Kier alpha value is -2.11. The van der Waals surface area contributed by atoms with E-state index < -0.39 is 0 Å². The quantitative estimate of drug-likeness (QED) is 0.854. The van der Waals surface area contributed by atoms with E-state index in [-0.39, 0.29) is 6.04 Å². The molecule has 0 aliphatic carbocycles. The van der Waals surface area contributed by atoms with Gasteiger partial charge in [0, 0.05) is 43.0 Å². The first kappa shape index (κ1) is 16.7. The van der Waals surface area contributed by atoms with Crippen molar-refractivity contribution in [3.63, 3.8) is 0 Å². The number of aromatic hydroxyl groups is 1. The number of hydrogen-bond acceptors (Lipinski definition) is 5. The van der Waals surface area contributed by atoms with Crippen molar-refractivity contribution in [2.45, 2.75) is 25.9 Å². The average Bonchev–Trinajstić information content (AvgIpc) is 2.64. The van der Waals surface area contributed by atoms with Crippen molar-refractivity contribution in [1.82, 2.24) is 10.3 Å². The maximum absolute atomic E-state index is 10.1. The van der Waals surface area contributed by atoms with Crippen molar-refractivity contribution in [2.75, 3.05) is 31.2 Å². The van der Waals surface area contributed by atoms with Gasteiger partial charge in [0.1, 0.15) is 11.6 Å². The Labute approximate surface area is 143 Å². The van der Waals surface area contributed by atoms with Crippen LogP contribution in [0.4, 0.5) is 5.82 Å². The summed E-state index contributed by atoms with van der Waals surface area (Å²) in [6.45, 7) is 6.09. The fourth-order valence-corrected chi connectivity index (χ4v) is 3.12. The molecule has 5 nitrogen and oxygen atoms in total. The van der Waals surface area contributed by atoms with Crippen molar-refractivity contribution < 1.29 is 9.84 Å². The number of para-hydroxylation sites is 1. The van der Waals surface area contributed by atoms with Crippen LogP contribution in [-0.2, 0) is 11.3 Å². The van der Waals surface area contributed by atoms with E-state index in [0.29, 0.717) is 12.3 Å². The fourth-order valence-electron chi connectivity index (χ4n) is 3.12. The van der Waals surface area contributed by atoms with Crippen LogP contribution in [0.2, 0.25) is 0 Å². The summed E-state index contributed by atoms with van der Waals surface area (Å²) >= 11 is 0. The Morgan fingerprint density at radius 1 is 1.21 bits per heavy atom. The third-order valence-corrected chi connectivity index (χ3v) is 4.44. The molecule has 2 aromatic rings. The van der Waals surface area contributed by atoms with E-state index in [1.807, 2.05) is 30.5 Å². The minimum Gasteiger partial charge on any atom is -0.508 e. The summed E-state index contributed by atoms with van der Waals surface area (Å²) < 4.78 is 5.43. The van der Waals surface area contributed by atoms with E-state index >= 15 is 0 Å². The molecule has 1 aromatic heterocycles. The molecule has 5 heteroatoms. The van der Waals surface area contributed by atoms with Gasteiger partial charge >= 0.3 is 0 Å². The summed E-state index contributed by atoms with van der Waals surface area (Å²) in [5, 5.41) is 13.7. The Morgan fingerprint density at radius 2 is 2.00 bits per heavy atom. The van der Waals surface area contributed by atoms with Gasteiger partial charge in [-0.2, -0.15) is 0 Å². The van der Waals surface area contributed by atoms with Crippen LogP contribution in [-0.4, -0.2) is 36.4 Å². The summed E-state index contributed by atoms with van der Waals surface area (Å²) in [5.74, 6) is 1.37. The van der Waals surface area contributed by atoms with Crippen LogP contribution >= 0.6 is 0 Å². The molecule has 2 heterocycles. The predicted octanol–water partition coefficient (Wildman–Crippen LogP) is 2.86. The average molecular weight is 327 g/mol. The summed E-state index contributed by atoms with van der Waals surface area (Å²) in [7, 11) is 0. The number of phenolic OH excluding ortho intramolecular Hbond substituents is 1. The largest absolute Gasteiger partial charge is 0.508 e. The third-order valence-electron chi connectivity index (χ3n) is 4.44. The number of morpholine rings is 1. The van der Waals surface area contributed by atoms with Crippen molar-refractivity contribution in [1.29, 1.82) is 0 Å². The van der Waals surface area contributed by atoms with Gasteiger partial charge in [-0.05, 0) is 18.6 Å². The van der Waals surface area contributed by atoms with Crippen LogP contribution in [0, 0.1) is 0 Å². The lowest BCUT2D eigenvalue weighted by Crippen LogP contribution is -2.37. The molecular formula is C19H25N3O2. The zero-order chi connectivity index (χ0) is 16.8. The first-order chi connectivity index (χ1) is 11.8. The van der Waals surface area contributed by atoms with Gasteiger partial charge in [0.25, 0.3) is 0 Å². The predicted molar refractivity (Wildman–Crippen MR) is 95.2 cm³/mol. The SMILES string of the molecule is CC[C@H](NCc1cccnc1N1CCOCC1)c1ccccc1O. The van der Waals surface area contributed by atoms with Crippen LogP contribution in [0.25, 0.3) is 0 Å². The Kier molecular flexibility index (Phi) is 5.67. The van der Waals surface area contributed by atoms with Gasteiger partial charge < -0.3 is 20.1 Å². The van der Waals surface area contributed by atoms with Gasteiger partial charge in [-0.15, -0.1) is 0 Å². The van der Waals surface area contributed by atoms with Gasteiger partial charge in [0.05, 0.1) is 13.2 Å². The number of hydrogen-bond donors (Lipinski definition) is 2. The molecule has 1 atom stereocenters. The molecule has 1 fully saturated rings. The van der Waals surface area contributed by atoms with E-state index in [1.165, 1.54) is 5.56 Å². The Balaban J connectivity index is 1.73. The van der Waals surface area contributed by atoms with E-state index in [4.69, 9.17) is 4.74 Å². The Morgan fingerprint density at radius 3 is 2.75 bits per heavy atom. The lowest BCUT2D eigenvalue weighted by atomic mass is 10.0. The molecule has 1 saturated heterocycles. The molecule has 1 aromatic carbocycles. The van der Waals surface area contributed by atoms with Crippen LogP contribution < -0.4 is 10.2 Å². The van der Waals surface area contributed by atoms with Crippen LogP contribution in [0.3, 0.4) is 0 Å². The summed E-state index contributed by atoms with van der Waals surface area (Å²) in [6.07, 6.45) is 2.75.